The average molecular weight is 417 g/mol. The summed E-state index contributed by atoms with van der Waals surface area (Å²) in [4.78, 5) is 23.2. The van der Waals surface area contributed by atoms with E-state index in [1.54, 1.807) is 30.7 Å². The summed E-state index contributed by atoms with van der Waals surface area (Å²) in [5.41, 5.74) is 16.3. The lowest BCUT2D eigenvalue weighted by Gasteiger charge is -2.13. The number of pyridine rings is 1. The standard InChI is InChI=1S/C18H21ClN8O2/c19-13-5-10(18(28)24-4-3-12-7-23-9-25-12)1-2-11(13)8-29-14-6-15(20)26-17(27-22)16(14)21/h1-2,5-7,9H,3-4,8,21-22H2,(H,23,25)(H,24,28)(H3,20,26,27). The van der Waals surface area contributed by atoms with Gasteiger partial charge in [-0.2, -0.15) is 0 Å². The van der Waals surface area contributed by atoms with Gasteiger partial charge in [0.2, 0.25) is 0 Å². The minimum absolute atomic E-state index is 0.123. The average Bonchev–Trinajstić information content (AvgIpc) is 3.22. The van der Waals surface area contributed by atoms with Crippen LogP contribution in [-0.4, -0.2) is 27.4 Å². The van der Waals surface area contributed by atoms with Crippen molar-refractivity contribution in [1.29, 1.82) is 0 Å². The number of halogens is 1. The van der Waals surface area contributed by atoms with E-state index in [4.69, 9.17) is 33.6 Å². The molecule has 0 saturated carbocycles. The molecule has 29 heavy (non-hydrogen) atoms. The van der Waals surface area contributed by atoms with Crippen molar-refractivity contribution in [2.45, 2.75) is 13.0 Å². The van der Waals surface area contributed by atoms with Crippen molar-refractivity contribution in [2.75, 3.05) is 23.4 Å². The molecule has 0 aliphatic heterocycles. The number of H-pyrrole nitrogens is 1. The summed E-state index contributed by atoms with van der Waals surface area (Å²) in [6, 6.07) is 6.47. The van der Waals surface area contributed by atoms with Crippen LogP contribution in [0.15, 0.2) is 36.8 Å². The minimum Gasteiger partial charge on any atom is -0.486 e. The van der Waals surface area contributed by atoms with Crippen molar-refractivity contribution in [1.82, 2.24) is 20.3 Å². The van der Waals surface area contributed by atoms with E-state index in [2.05, 4.69) is 25.7 Å². The summed E-state index contributed by atoms with van der Waals surface area (Å²) in [7, 11) is 0. The largest absolute Gasteiger partial charge is 0.486 e. The second-order valence-corrected chi connectivity index (χ2v) is 6.54. The van der Waals surface area contributed by atoms with Gasteiger partial charge in [-0.3, -0.25) is 4.79 Å². The first-order valence-corrected chi connectivity index (χ1v) is 9.05. The van der Waals surface area contributed by atoms with Gasteiger partial charge in [0.25, 0.3) is 5.91 Å². The van der Waals surface area contributed by atoms with Crippen LogP contribution in [0.1, 0.15) is 21.6 Å². The van der Waals surface area contributed by atoms with Crippen molar-refractivity contribution in [3.05, 3.63) is 58.6 Å². The Morgan fingerprint density at radius 2 is 2.10 bits per heavy atom. The summed E-state index contributed by atoms with van der Waals surface area (Å²) in [5, 5.41) is 3.23. The number of amides is 1. The molecule has 0 aliphatic carbocycles. The third-order valence-corrected chi connectivity index (χ3v) is 4.46. The summed E-state index contributed by atoms with van der Waals surface area (Å²) < 4.78 is 5.70. The van der Waals surface area contributed by atoms with E-state index >= 15 is 0 Å². The van der Waals surface area contributed by atoms with Crippen molar-refractivity contribution < 1.29 is 9.53 Å². The fraction of sp³-hybridized carbons (Fsp3) is 0.167. The van der Waals surface area contributed by atoms with E-state index in [0.717, 1.165) is 5.69 Å². The molecule has 3 rings (SSSR count). The first-order valence-electron chi connectivity index (χ1n) is 8.67. The number of hydrazine groups is 1. The number of nitrogens with two attached hydrogens (primary N) is 3. The number of aromatic amines is 1. The second-order valence-electron chi connectivity index (χ2n) is 6.13. The number of nitrogens with one attached hydrogen (secondary N) is 3. The number of anilines is 3. The Morgan fingerprint density at radius 1 is 1.28 bits per heavy atom. The van der Waals surface area contributed by atoms with E-state index in [0.29, 0.717) is 34.9 Å². The van der Waals surface area contributed by atoms with Gasteiger partial charge in [-0.05, 0) is 12.1 Å². The quantitative estimate of drug-likeness (QED) is 0.236. The van der Waals surface area contributed by atoms with Crippen LogP contribution in [0.2, 0.25) is 5.02 Å². The molecule has 1 aromatic carbocycles. The van der Waals surface area contributed by atoms with Crippen LogP contribution in [-0.2, 0) is 13.0 Å². The van der Waals surface area contributed by atoms with Gasteiger partial charge in [-0.25, -0.2) is 15.8 Å². The van der Waals surface area contributed by atoms with Crippen LogP contribution in [0.3, 0.4) is 0 Å². The van der Waals surface area contributed by atoms with E-state index < -0.39 is 0 Å². The van der Waals surface area contributed by atoms with Crippen molar-refractivity contribution in [3.8, 4) is 5.75 Å². The Labute approximate surface area is 171 Å². The van der Waals surface area contributed by atoms with E-state index in [9.17, 15) is 4.79 Å². The number of imidazole rings is 1. The van der Waals surface area contributed by atoms with Gasteiger partial charge in [0.05, 0.1) is 6.33 Å². The van der Waals surface area contributed by atoms with Crippen LogP contribution in [0, 0.1) is 0 Å². The highest BCUT2D eigenvalue weighted by molar-refractivity contribution is 6.31. The molecule has 9 N–H and O–H groups in total. The highest BCUT2D eigenvalue weighted by Gasteiger charge is 2.12. The van der Waals surface area contributed by atoms with Gasteiger partial charge in [0.15, 0.2) is 5.82 Å². The van der Waals surface area contributed by atoms with Crippen LogP contribution < -0.4 is 32.8 Å². The fourth-order valence-electron chi connectivity index (χ4n) is 2.58. The van der Waals surface area contributed by atoms with E-state index in [-0.39, 0.29) is 29.8 Å². The smallest absolute Gasteiger partial charge is 0.251 e. The number of nitrogens with zero attached hydrogens (tertiary/aromatic N) is 2. The summed E-state index contributed by atoms with van der Waals surface area (Å²) >= 11 is 6.31. The molecule has 0 fully saturated rings. The van der Waals surface area contributed by atoms with Gasteiger partial charge in [-0.1, -0.05) is 17.7 Å². The lowest BCUT2D eigenvalue weighted by Crippen LogP contribution is -2.25. The maximum Gasteiger partial charge on any atom is 0.251 e. The first kappa shape index (κ1) is 20.2. The molecule has 0 unspecified atom stereocenters. The number of hydrogen-bond acceptors (Lipinski definition) is 8. The molecule has 0 aliphatic rings. The fourth-order valence-corrected chi connectivity index (χ4v) is 2.81. The molecule has 0 atom stereocenters. The minimum atomic E-state index is -0.219. The lowest BCUT2D eigenvalue weighted by molar-refractivity contribution is 0.0954. The zero-order valence-corrected chi connectivity index (χ0v) is 16.2. The molecular formula is C18H21ClN8O2. The van der Waals surface area contributed by atoms with Crippen LogP contribution in [0.25, 0.3) is 0 Å². The number of rotatable bonds is 8. The highest BCUT2D eigenvalue weighted by atomic mass is 35.5. The van der Waals surface area contributed by atoms with Crippen molar-refractivity contribution in [3.63, 3.8) is 0 Å². The van der Waals surface area contributed by atoms with E-state index in [1.165, 1.54) is 6.07 Å². The lowest BCUT2D eigenvalue weighted by atomic mass is 10.1. The summed E-state index contributed by atoms with van der Waals surface area (Å²) in [6.07, 6.45) is 3.97. The molecule has 3 aromatic rings. The van der Waals surface area contributed by atoms with Gasteiger partial charge in [0.1, 0.15) is 23.9 Å². The molecule has 1 amide bonds. The third-order valence-electron chi connectivity index (χ3n) is 4.11. The molecule has 0 saturated heterocycles. The van der Waals surface area contributed by atoms with Crippen LogP contribution in [0.4, 0.5) is 17.3 Å². The van der Waals surface area contributed by atoms with E-state index in [1.807, 2.05) is 0 Å². The molecule has 152 valence electrons. The third kappa shape index (κ3) is 5.06. The molecule has 10 nitrogen and oxygen atoms in total. The van der Waals surface area contributed by atoms with Gasteiger partial charge in [-0.15, -0.1) is 0 Å². The van der Waals surface area contributed by atoms with Crippen molar-refractivity contribution >= 4 is 34.8 Å². The number of hydrogen-bond donors (Lipinski definition) is 6. The normalized spacial score (nSPS) is 10.6. The number of aromatic nitrogens is 3. The Hall–Kier alpha value is -3.50. The summed E-state index contributed by atoms with van der Waals surface area (Å²) in [6.45, 7) is 0.599. The van der Waals surface area contributed by atoms with Crippen LogP contribution in [0.5, 0.6) is 5.75 Å². The molecule has 2 aromatic heterocycles. The topological polar surface area (TPSA) is 170 Å². The number of carbonyl (C=O) groups excluding carboxylic acids is 1. The zero-order valence-electron chi connectivity index (χ0n) is 15.4. The molecule has 11 heteroatoms. The number of benzene rings is 1. The van der Waals surface area contributed by atoms with Gasteiger partial charge >= 0.3 is 0 Å². The Balaban J connectivity index is 1.61. The number of ether oxygens (including phenoxy) is 1. The predicted octanol–water partition coefficient (Wildman–Crippen LogP) is 1.46. The number of carbonyl (C=O) groups is 1. The second kappa shape index (κ2) is 9.13. The molecular weight excluding hydrogens is 396 g/mol. The summed E-state index contributed by atoms with van der Waals surface area (Å²) in [5.74, 6) is 5.88. The SMILES string of the molecule is NNc1nc(N)cc(OCc2ccc(C(=O)NCCc3cnc[nH]3)cc2Cl)c1N. The number of nitrogen functional groups attached to an aromatic ring is 3. The van der Waals surface area contributed by atoms with Gasteiger partial charge in [0, 0.05) is 47.1 Å². The molecule has 0 radical (unpaired) electrons. The molecule has 2 heterocycles. The maximum atomic E-state index is 12.3. The Morgan fingerprint density at radius 3 is 2.79 bits per heavy atom. The Bertz CT molecular complexity index is 994. The molecule has 0 bridgehead atoms. The van der Waals surface area contributed by atoms with Crippen LogP contribution >= 0.6 is 11.6 Å². The van der Waals surface area contributed by atoms with Gasteiger partial charge < -0.3 is 31.9 Å². The molecule has 0 spiro atoms. The maximum absolute atomic E-state index is 12.3. The zero-order chi connectivity index (χ0) is 20.8. The Kier molecular flexibility index (Phi) is 6.37. The predicted molar refractivity (Wildman–Crippen MR) is 111 cm³/mol. The first-order chi connectivity index (χ1) is 14.0. The highest BCUT2D eigenvalue weighted by Crippen LogP contribution is 2.30. The monoisotopic (exact) mass is 416 g/mol. The van der Waals surface area contributed by atoms with Crippen molar-refractivity contribution in [2.24, 2.45) is 5.84 Å².